The molecule has 1 rings (SSSR count). The number of aromatic nitrogens is 2. The van der Waals surface area contributed by atoms with E-state index in [0.717, 1.165) is 37.7 Å². The lowest BCUT2D eigenvalue weighted by atomic mass is 10.3. The number of nitrogens with one attached hydrogen (secondary N) is 1. The van der Waals surface area contributed by atoms with Gasteiger partial charge < -0.3 is 20.1 Å². The summed E-state index contributed by atoms with van der Waals surface area (Å²) in [5.41, 5.74) is 0. The standard InChI is InChI=1S/C13H24N4O2/c1-4-14-11-9-13(16-12(15-11)10-19-3)17(5-2)7-6-8-18/h9,18H,4-8,10H2,1-3H3,(H,14,15,16). The maximum Gasteiger partial charge on any atom is 0.158 e. The number of aliphatic hydroxyl groups excluding tert-OH is 1. The summed E-state index contributed by atoms with van der Waals surface area (Å²) in [6.45, 7) is 7.11. The molecule has 6 nitrogen and oxygen atoms in total. The van der Waals surface area contributed by atoms with Gasteiger partial charge in [-0.25, -0.2) is 9.97 Å². The van der Waals surface area contributed by atoms with Crippen molar-refractivity contribution < 1.29 is 9.84 Å². The smallest absolute Gasteiger partial charge is 0.158 e. The van der Waals surface area contributed by atoms with Crippen molar-refractivity contribution in [3.05, 3.63) is 11.9 Å². The summed E-state index contributed by atoms with van der Waals surface area (Å²) in [6, 6.07) is 1.93. The number of aliphatic hydroxyl groups is 1. The molecule has 0 bridgehead atoms. The fourth-order valence-corrected chi connectivity index (χ4v) is 1.81. The monoisotopic (exact) mass is 268 g/mol. The van der Waals surface area contributed by atoms with E-state index < -0.39 is 0 Å². The van der Waals surface area contributed by atoms with Gasteiger partial charge in [0.15, 0.2) is 5.82 Å². The highest BCUT2D eigenvalue weighted by atomic mass is 16.5. The van der Waals surface area contributed by atoms with Gasteiger partial charge in [0.05, 0.1) is 0 Å². The number of methoxy groups -OCH3 is 1. The fraction of sp³-hybridized carbons (Fsp3) is 0.692. The van der Waals surface area contributed by atoms with Gasteiger partial charge in [-0.15, -0.1) is 0 Å². The highest BCUT2D eigenvalue weighted by Gasteiger charge is 2.10. The molecule has 6 heteroatoms. The topological polar surface area (TPSA) is 70.5 Å². The number of anilines is 2. The van der Waals surface area contributed by atoms with Crippen LogP contribution in [0.4, 0.5) is 11.6 Å². The van der Waals surface area contributed by atoms with Crippen LogP contribution in [0.25, 0.3) is 0 Å². The first-order chi connectivity index (χ1) is 9.24. The van der Waals surface area contributed by atoms with E-state index >= 15 is 0 Å². The third kappa shape index (κ3) is 5.00. The normalized spacial score (nSPS) is 10.5. The molecule has 0 saturated heterocycles. The summed E-state index contributed by atoms with van der Waals surface area (Å²) in [6.07, 6.45) is 0.730. The van der Waals surface area contributed by atoms with Gasteiger partial charge in [0.2, 0.25) is 0 Å². The van der Waals surface area contributed by atoms with Crippen LogP contribution in [0, 0.1) is 0 Å². The Kier molecular flexibility index (Phi) is 7.14. The molecule has 19 heavy (non-hydrogen) atoms. The lowest BCUT2D eigenvalue weighted by molar-refractivity contribution is 0.178. The quantitative estimate of drug-likeness (QED) is 0.702. The Morgan fingerprint density at radius 2 is 2.16 bits per heavy atom. The second-order valence-electron chi connectivity index (χ2n) is 4.15. The molecule has 2 N–H and O–H groups in total. The molecule has 0 aliphatic carbocycles. The fourth-order valence-electron chi connectivity index (χ4n) is 1.81. The van der Waals surface area contributed by atoms with Crippen molar-refractivity contribution in [2.45, 2.75) is 26.9 Å². The summed E-state index contributed by atoms with van der Waals surface area (Å²) >= 11 is 0. The van der Waals surface area contributed by atoms with E-state index in [2.05, 4.69) is 27.1 Å². The first-order valence-electron chi connectivity index (χ1n) is 6.71. The van der Waals surface area contributed by atoms with Crippen LogP contribution in [-0.2, 0) is 11.3 Å². The Hall–Kier alpha value is -1.40. The zero-order chi connectivity index (χ0) is 14.1. The third-order valence-electron chi connectivity index (χ3n) is 2.68. The minimum Gasteiger partial charge on any atom is -0.396 e. The number of nitrogens with zero attached hydrogens (tertiary/aromatic N) is 3. The second-order valence-corrected chi connectivity index (χ2v) is 4.15. The highest BCUT2D eigenvalue weighted by molar-refractivity contribution is 5.49. The zero-order valence-electron chi connectivity index (χ0n) is 12.0. The van der Waals surface area contributed by atoms with Crippen LogP contribution in [0.1, 0.15) is 26.1 Å². The van der Waals surface area contributed by atoms with Crippen LogP contribution in [0.3, 0.4) is 0 Å². The molecule has 0 saturated carbocycles. The average Bonchev–Trinajstić information content (AvgIpc) is 2.40. The van der Waals surface area contributed by atoms with Gasteiger partial charge in [-0.3, -0.25) is 0 Å². The molecule has 0 radical (unpaired) electrons. The lowest BCUT2D eigenvalue weighted by Crippen LogP contribution is -2.26. The van der Waals surface area contributed by atoms with Crippen molar-refractivity contribution in [3.63, 3.8) is 0 Å². The van der Waals surface area contributed by atoms with Crippen molar-refractivity contribution in [3.8, 4) is 0 Å². The van der Waals surface area contributed by atoms with Gasteiger partial charge >= 0.3 is 0 Å². The molecule has 0 aliphatic rings. The van der Waals surface area contributed by atoms with Crippen LogP contribution in [0.5, 0.6) is 0 Å². The van der Waals surface area contributed by atoms with Crippen molar-refractivity contribution in [2.24, 2.45) is 0 Å². The van der Waals surface area contributed by atoms with Crippen LogP contribution in [-0.4, -0.2) is 48.4 Å². The minimum atomic E-state index is 0.187. The molecule has 0 amide bonds. The van der Waals surface area contributed by atoms with Crippen LogP contribution >= 0.6 is 0 Å². The Bertz CT molecular complexity index is 349. The van der Waals surface area contributed by atoms with Gasteiger partial charge in [0.1, 0.15) is 18.2 Å². The maximum atomic E-state index is 8.94. The van der Waals surface area contributed by atoms with E-state index in [1.54, 1.807) is 7.11 Å². The number of hydrogen-bond acceptors (Lipinski definition) is 6. The largest absolute Gasteiger partial charge is 0.396 e. The predicted octanol–water partition coefficient (Wildman–Crippen LogP) is 1.26. The predicted molar refractivity (Wildman–Crippen MR) is 76.5 cm³/mol. The van der Waals surface area contributed by atoms with Crippen molar-refractivity contribution in [1.82, 2.24) is 9.97 Å². The summed E-state index contributed by atoms with van der Waals surface area (Å²) in [7, 11) is 1.63. The molecule has 1 heterocycles. The van der Waals surface area contributed by atoms with Crippen molar-refractivity contribution in [1.29, 1.82) is 0 Å². The van der Waals surface area contributed by atoms with E-state index in [1.165, 1.54) is 0 Å². The Labute approximate surface area is 114 Å². The molecule has 1 aromatic rings. The molecular formula is C13H24N4O2. The van der Waals surface area contributed by atoms with Crippen molar-refractivity contribution >= 4 is 11.6 Å². The average molecular weight is 268 g/mol. The Morgan fingerprint density at radius 1 is 1.37 bits per heavy atom. The molecular weight excluding hydrogens is 244 g/mol. The van der Waals surface area contributed by atoms with Gasteiger partial charge in [-0.05, 0) is 20.3 Å². The van der Waals surface area contributed by atoms with Crippen LogP contribution in [0.2, 0.25) is 0 Å². The second kappa shape index (κ2) is 8.66. The summed E-state index contributed by atoms with van der Waals surface area (Å²) in [5.74, 6) is 2.34. The summed E-state index contributed by atoms with van der Waals surface area (Å²) < 4.78 is 5.10. The van der Waals surface area contributed by atoms with Crippen LogP contribution in [0.15, 0.2) is 6.07 Å². The summed E-state index contributed by atoms with van der Waals surface area (Å²) in [4.78, 5) is 11.0. The number of ether oxygens (including phenoxy) is 1. The van der Waals surface area contributed by atoms with E-state index in [-0.39, 0.29) is 6.61 Å². The van der Waals surface area contributed by atoms with Crippen LogP contribution < -0.4 is 10.2 Å². The molecule has 108 valence electrons. The number of rotatable bonds is 9. The first-order valence-corrected chi connectivity index (χ1v) is 6.71. The zero-order valence-corrected chi connectivity index (χ0v) is 12.0. The lowest BCUT2D eigenvalue weighted by Gasteiger charge is -2.22. The first kappa shape index (κ1) is 15.7. The molecule has 0 atom stereocenters. The molecule has 0 aromatic carbocycles. The third-order valence-corrected chi connectivity index (χ3v) is 2.68. The summed E-state index contributed by atoms with van der Waals surface area (Å²) in [5, 5.41) is 12.1. The molecule has 1 aromatic heterocycles. The Balaban J connectivity index is 2.94. The van der Waals surface area contributed by atoms with E-state index in [1.807, 2.05) is 13.0 Å². The molecule has 0 aliphatic heterocycles. The SMILES string of the molecule is CCNc1cc(N(CC)CCCO)nc(COC)n1. The maximum absolute atomic E-state index is 8.94. The van der Waals surface area contributed by atoms with Gasteiger partial charge in [-0.2, -0.15) is 0 Å². The van der Waals surface area contributed by atoms with E-state index in [4.69, 9.17) is 9.84 Å². The molecule has 0 fully saturated rings. The van der Waals surface area contributed by atoms with Gasteiger partial charge in [-0.1, -0.05) is 0 Å². The highest BCUT2D eigenvalue weighted by Crippen LogP contribution is 2.16. The van der Waals surface area contributed by atoms with Gasteiger partial charge in [0, 0.05) is 39.4 Å². The van der Waals surface area contributed by atoms with E-state index in [9.17, 15) is 0 Å². The number of hydrogen-bond donors (Lipinski definition) is 2. The minimum absolute atomic E-state index is 0.187. The van der Waals surface area contributed by atoms with Gasteiger partial charge in [0.25, 0.3) is 0 Å². The molecule has 0 spiro atoms. The Morgan fingerprint density at radius 3 is 2.74 bits per heavy atom. The van der Waals surface area contributed by atoms with Crippen molar-refractivity contribution in [2.75, 3.05) is 43.6 Å². The van der Waals surface area contributed by atoms with E-state index in [0.29, 0.717) is 12.4 Å². The molecule has 0 unspecified atom stereocenters.